The average molecular weight is 265 g/mol. The molecule has 0 amide bonds. The molecule has 2 nitrogen and oxygen atoms in total. The Labute approximate surface area is 115 Å². The predicted octanol–water partition coefficient (Wildman–Crippen LogP) is 3.37. The van der Waals surface area contributed by atoms with Gasteiger partial charge in [-0.05, 0) is 68.9 Å². The molecule has 3 heteroatoms. The fraction of sp³-hybridized carbons (Fsp3) is 0.625. The van der Waals surface area contributed by atoms with E-state index in [1.54, 1.807) is 12.1 Å². The Hall–Kier alpha value is -0.930. The van der Waals surface area contributed by atoms with E-state index in [0.717, 1.165) is 30.9 Å². The van der Waals surface area contributed by atoms with Crippen LogP contribution < -0.4 is 0 Å². The maximum absolute atomic E-state index is 12.8. The van der Waals surface area contributed by atoms with E-state index in [4.69, 9.17) is 0 Å². The van der Waals surface area contributed by atoms with Crippen LogP contribution >= 0.6 is 0 Å². The molecule has 0 spiro atoms. The summed E-state index contributed by atoms with van der Waals surface area (Å²) in [7, 11) is 0. The van der Waals surface area contributed by atoms with Crippen molar-refractivity contribution in [3.05, 3.63) is 35.6 Å². The molecule has 19 heavy (non-hydrogen) atoms. The van der Waals surface area contributed by atoms with Gasteiger partial charge in [0.1, 0.15) is 5.82 Å². The zero-order valence-electron chi connectivity index (χ0n) is 11.7. The van der Waals surface area contributed by atoms with Crippen LogP contribution in [-0.4, -0.2) is 29.6 Å². The Morgan fingerprint density at radius 3 is 2.53 bits per heavy atom. The highest BCUT2D eigenvalue weighted by Gasteiger charge is 2.15. The first-order valence-corrected chi connectivity index (χ1v) is 7.31. The molecule has 1 atom stereocenters. The number of hydrogen-bond acceptors (Lipinski definition) is 2. The summed E-state index contributed by atoms with van der Waals surface area (Å²) in [6, 6.07) is 6.15. The molecule has 1 unspecified atom stereocenters. The highest BCUT2D eigenvalue weighted by atomic mass is 19.1. The van der Waals surface area contributed by atoms with Crippen LogP contribution in [0.2, 0.25) is 0 Å². The summed E-state index contributed by atoms with van der Waals surface area (Å²) < 4.78 is 12.8. The number of rotatable bonds is 5. The molecule has 1 aliphatic heterocycles. The van der Waals surface area contributed by atoms with Crippen LogP contribution in [-0.2, 0) is 0 Å². The lowest BCUT2D eigenvalue weighted by Gasteiger charge is -2.30. The molecule has 0 aromatic heterocycles. The van der Waals surface area contributed by atoms with E-state index in [9.17, 15) is 9.50 Å². The summed E-state index contributed by atoms with van der Waals surface area (Å²) in [6.07, 6.45) is 3.86. The maximum Gasteiger partial charge on any atom is 0.123 e. The van der Waals surface area contributed by atoms with Crippen molar-refractivity contribution in [3.8, 4) is 0 Å². The molecule has 0 bridgehead atoms. The molecule has 0 saturated carbocycles. The molecule has 0 radical (unpaired) electrons. The number of aliphatic hydroxyl groups is 1. The van der Waals surface area contributed by atoms with Gasteiger partial charge in [0.15, 0.2) is 0 Å². The van der Waals surface area contributed by atoms with E-state index in [-0.39, 0.29) is 5.82 Å². The van der Waals surface area contributed by atoms with Gasteiger partial charge in [0.05, 0.1) is 6.10 Å². The lowest BCUT2D eigenvalue weighted by atomic mass is 9.98. The van der Waals surface area contributed by atoms with Gasteiger partial charge in [-0.15, -0.1) is 0 Å². The normalized spacial score (nSPS) is 19.5. The zero-order valence-corrected chi connectivity index (χ0v) is 11.7. The van der Waals surface area contributed by atoms with Gasteiger partial charge in [-0.1, -0.05) is 19.1 Å². The number of nitrogens with zero attached hydrogens (tertiary/aromatic N) is 1. The van der Waals surface area contributed by atoms with E-state index in [0.29, 0.717) is 0 Å². The van der Waals surface area contributed by atoms with Gasteiger partial charge in [0.2, 0.25) is 0 Å². The van der Waals surface area contributed by atoms with Gasteiger partial charge in [-0.3, -0.25) is 0 Å². The zero-order chi connectivity index (χ0) is 13.7. The first kappa shape index (κ1) is 14.5. The number of aliphatic hydroxyl groups excluding tert-OH is 1. The Morgan fingerprint density at radius 1 is 1.26 bits per heavy atom. The minimum Gasteiger partial charge on any atom is -0.388 e. The van der Waals surface area contributed by atoms with Crippen LogP contribution in [0.4, 0.5) is 4.39 Å². The number of benzene rings is 1. The smallest absolute Gasteiger partial charge is 0.123 e. The molecule has 1 fully saturated rings. The summed E-state index contributed by atoms with van der Waals surface area (Å²) >= 11 is 0. The van der Waals surface area contributed by atoms with E-state index in [1.807, 2.05) is 0 Å². The first-order chi connectivity index (χ1) is 9.15. The third kappa shape index (κ3) is 4.59. The van der Waals surface area contributed by atoms with Crippen molar-refractivity contribution >= 4 is 0 Å². The summed E-state index contributed by atoms with van der Waals surface area (Å²) in [4.78, 5) is 2.48. The summed E-state index contributed by atoms with van der Waals surface area (Å²) in [5, 5.41) is 10.0. The first-order valence-electron chi connectivity index (χ1n) is 7.31. The highest BCUT2D eigenvalue weighted by Crippen LogP contribution is 2.20. The van der Waals surface area contributed by atoms with Crippen molar-refractivity contribution in [1.82, 2.24) is 4.90 Å². The number of piperidine rings is 1. The minimum absolute atomic E-state index is 0.251. The molecule has 1 aliphatic rings. The second-order valence-electron chi connectivity index (χ2n) is 5.73. The van der Waals surface area contributed by atoms with Gasteiger partial charge in [-0.25, -0.2) is 4.39 Å². The summed E-state index contributed by atoms with van der Waals surface area (Å²) in [5.74, 6) is 0.611. The fourth-order valence-electron chi connectivity index (χ4n) is 2.65. The van der Waals surface area contributed by atoms with Gasteiger partial charge >= 0.3 is 0 Å². The Balaban J connectivity index is 1.69. The van der Waals surface area contributed by atoms with Crippen LogP contribution in [0.15, 0.2) is 24.3 Å². The fourth-order valence-corrected chi connectivity index (χ4v) is 2.65. The largest absolute Gasteiger partial charge is 0.388 e. The van der Waals surface area contributed by atoms with E-state index in [2.05, 4.69) is 11.8 Å². The lowest BCUT2D eigenvalue weighted by Crippen LogP contribution is -2.33. The van der Waals surface area contributed by atoms with Crippen LogP contribution in [0, 0.1) is 11.7 Å². The van der Waals surface area contributed by atoms with Gasteiger partial charge in [-0.2, -0.15) is 0 Å². The standard InChI is InChI=1S/C16H24FNO/c1-13-8-11-18(12-9-13)10-2-3-16(19)14-4-6-15(17)7-5-14/h4-7,13,16,19H,2-3,8-12H2,1H3. The van der Waals surface area contributed by atoms with Crippen LogP contribution in [0.1, 0.15) is 44.3 Å². The molecule has 0 aliphatic carbocycles. The topological polar surface area (TPSA) is 23.5 Å². The maximum atomic E-state index is 12.8. The van der Waals surface area contributed by atoms with Crippen molar-refractivity contribution < 1.29 is 9.50 Å². The van der Waals surface area contributed by atoms with Crippen molar-refractivity contribution in [1.29, 1.82) is 0 Å². The minimum atomic E-state index is -0.468. The van der Waals surface area contributed by atoms with Crippen molar-refractivity contribution in [2.24, 2.45) is 5.92 Å². The van der Waals surface area contributed by atoms with Crippen LogP contribution in [0.5, 0.6) is 0 Å². The summed E-state index contributed by atoms with van der Waals surface area (Å²) in [6.45, 7) is 5.75. The Kier molecular flexibility index (Phi) is 5.34. The summed E-state index contributed by atoms with van der Waals surface area (Å²) in [5.41, 5.74) is 0.814. The predicted molar refractivity (Wildman–Crippen MR) is 75.4 cm³/mol. The molecule has 1 heterocycles. The van der Waals surface area contributed by atoms with Crippen LogP contribution in [0.25, 0.3) is 0 Å². The van der Waals surface area contributed by atoms with E-state index in [1.165, 1.54) is 38.1 Å². The van der Waals surface area contributed by atoms with Crippen molar-refractivity contribution in [2.45, 2.75) is 38.7 Å². The molecule has 2 rings (SSSR count). The van der Waals surface area contributed by atoms with E-state index >= 15 is 0 Å². The highest BCUT2D eigenvalue weighted by molar-refractivity contribution is 5.18. The van der Waals surface area contributed by atoms with E-state index < -0.39 is 6.10 Å². The lowest BCUT2D eigenvalue weighted by molar-refractivity contribution is 0.144. The SMILES string of the molecule is CC1CCN(CCCC(O)c2ccc(F)cc2)CC1. The monoisotopic (exact) mass is 265 g/mol. The molecule has 1 saturated heterocycles. The average Bonchev–Trinajstić information content (AvgIpc) is 2.41. The van der Waals surface area contributed by atoms with Crippen LogP contribution in [0.3, 0.4) is 0 Å². The molecule has 1 aromatic rings. The number of likely N-dealkylation sites (tertiary alicyclic amines) is 1. The third-order valence-corrected chi connectivity index (χ3v) is 4.08. The molecule has 106 valence electrons. The molecular weight excluding hydrogens is 241 g/mol. The molecule has 1 aromatic carbocycles. The Morgan fingerprint density at radius 2 is 1.89 bits per heavy atom. The number of hydrogen-bond donors (Lipinski definition) is 1. The second-order valence-corrected chi connectivity index (χ2v) is 5.73. The molecule has 1 N–H and O–H groups in total. The van der Waals surface area contributed by atoms with Gasteiger partial charge in [0, 0.05) is 0 Å². The molecular formula is C16H24FNO. The third-order valence-electron chi connectivity index (χ3n) is 4.08. The van der Waals surface area contributed by atoms with Gasteiger partial charge < -0.3 is 10.0 Å². The number of halogens is 1. The van der Waals surface area contributed by atoms with Gasteiger partial charge in [0.25, 0.3) is 0 Å². The quantitative estimate of drug-likeness (QED) is 0.882. The van der Waals surface area contributed by atoms with Crippen molar-refractivity contribution in [2.75, 3.05) is 19.6 Å². The Bertz CT molecular complexity index is 371. The van der Waals surface area contributed by atoms with Crippen molar-refractivity contribution in [3.63, 3.8) is 0 Å². The second kappa shape index (κ2) is 7.01.